The molecule has 4 nitrogen and oxygen atoms in total. The lowest BCUT2D eigenvalue weighted by atomic mass is 10.1. The molecule has 21 heavy (non-hydrogen) atoms. The number of halogens is 2. The highest BCUT2D eigenvalue weighted by Gasteiger charge is 2.29. The minimum absolute atomic E-state index is 0.180. The zero-order valence-electron chi connectivity index (χ0n) is 11.1. The molecule has 1 aromatic carbocycles. The van der Waals surface area contributed by atoms with Gasteiger partial charge in [0.2, 0.25) is 0 Å². The van der Waals surface area contributed by atoms with Crippen LogP contribution < -0.4 is 5.73 Å². The summed E-state index contributed by atoms with van der Waals surface area (Å²) < 4.78 is 28.9. The van der Waals surface area contributed by atoms with Crippen molar-refractivity contribution in [3.63, 3.8) is 0 Å². The van der Waals surface area contributed by atoms with Crippen molar-refractivity contribution in [2.75, 3.05) is 5.73 Å². The van der Waals surface area contributed by atoms with Crippen molar-refractivity contribution in [1.29, 1.82) is 0 Å². The Balaban J connectivity index is 2.02. The molecule has 2 N–H and O–H groups in total. The molecule has 0 spiro atoms. The molecule has 2 heterocycles. The number of fused-ring (bicyclic) bond motifs is 1. The first-order valence-corrected chi connectivity index (χ1v) is 6.72. The molecular formula is C15H12F2N4. The normalized spacial score (nSPS) is 14.8. The van der Waals surface area contributed by atoms with E-state index in [0.717, 1.165) is 36.0 Å². The number of nitrogens with two attached hydrogens (primary N) is 1. The van der Waals surface area contributed by atoms with Crippen molar-refractivity contribution in [3.05, 3.63) is 42.2 Å². The molecule has 4 rings (SSSR count). The van der Waals surface area contributed by atoms with E-state index in [4.69, 9.17) is 5.73 Å². The van der Waals surface area contributed by atoms with Gasteiger partial charge in [-0.25, -0.2) is 13.8 Å². The van der Waals surface area contributed by atoms with E-state index >= 15 is 0 Å². The molecule has 1 aliphatic carbocycles. The van der Waals surface area contributed by atoms with Crippen molar-refractivity contribution >= 4 is 16.7 Å². The second kappa shape index (κ2) is 4.25. The predicted octanol–water partition coefficient (Wildman–Crippen LogP) is 3.29. The summed E-state index contributed by atoms with van der Waals surface area (Å²) >= 11 is 0. The molecule has 0 bridgehead atoms. The number of hydrogen-bond acceptors (Lipinski definition) is 3. The molecule has 0 atom stereocenters. The Morgan fingerprint density at radius 1 is 1.19 bits per heavy atom. The summed E-state index contributed by atoms with van der Waals surface area (Å²) in [5, 5.41) is 0. The van der Waals surface area contributed by atoms with Crippen LogP contribution in [0.2, 0.25) is 0 Å². The van der Waals surface area contributed by atoms with Gasteiger partial charge in [0.05, 0.1) is 11.7 Å². The van der Waals surface area contributed by atoms with E-state index < -0.39 is 11.6 Å². The van der Waals surface area contributed by atoms with E-state index in [0.29, 0.717) is 17.4 Å². The van der Waals surface area contributed by atoms with Gasteiger partial charge in [0.25, 0.3) is 0 Å². The van der Waals surface area contributed by atoms with Gasteiger partial charge in [0, 0.05) is 29.6 Å². The molecule has 106 valence electrons. The minimum atomic E-state index is -0.952. The number of pyridine rings is 1. The fourth-order valence-corrected chi connectivity index (χ4v) is 2.60. The van der Waals surface area contributed by atoms with Crippen molar-refractivity contribution in [3.8, 4) is 11.4 Å². The summed E-state index contributed by atoms with van der Waals surface area (Å²) in [5.74, 6) is -1.31. The van der Waals surface area contributed by atoms with Gasteiger partial charge in [0.15, 0.2) is 11.6 Å². The zero-order chi connectivity index (χ0) is 14.6. The van der Waals surface area contributed by atoms with Crippen molar-refractivity contribution in [2.45, 2.75) is 18.9 Å². The summed E-state index contributed by atoms with van der Waals surface area (Å²) in [6.07, 6.45) is 5.45. The van der Waals surface area contributed by atoms with Crippen LogP contribution in [0.25, 0.3) is 22.4 Å². The molecule has 0 saturated heterocycles. The van der Waals surface area contributed by atoms with E-state index in [2.05, 4.69) is 9.97 Å². The van der Waals surface area contributed by atoms with Gasteiger partial charge in [-0.15, -0.1) is 0 Å². The predicted molar refractivity (Wildman–Crippen MR) is 75.6 cm³/mol. The van der Waals surface area contributed by atoms with Crippen molar-refractivity contribution in [1.82, 2.24) is 14.5 Å². The van der Waals surface area contributed by atoms with Gasteiger partial charge >= 0.3 is 0 Å². The van der Waals surface area contributed by atoms with Gasteiger partial charge < -0.3 is 10.3 Å². The van der Waals surface area contributed by atoms with Crippen molar-refractivity contribution in [2.24, 2.45) is 0 Å². The van der Waals surface area contributed by atoms with Crippen LogP contribution >= 0.6 is 0 Å². The lowest BCUT2D eigenvalue weighted by molar-refractivity contribution is 0.509. The number of benzene rings is 1. The molecule has 1 aliphatic rings. The summed E-state index contributed by atoms with van der Waals surface area (Å²) in [6.45, 7) is 0. The number of hydrogen-bond donors (Lipinski definition) is 1. The molecule has 0 unspecified atom stereocenters. The SMILES string of the molecule is Nc1cc(F)c(F)cc1-c1nc2cnccc2n1C1CC1. The zero-order valence-corrected chi connectivity index (χ0v) is 11.1. The van der Waals surface area contributed by atoms with Crippen molar-refractivity contribution < 1.29 is 8.78 Å². The number of imidazole rings is 1. The van der Waals surface area contributed by atoms with E-state index in [1.807, 2.05) is 10.6 Å². The maximum absolute atomic E-state index is 13.6. The van der Waals surface area contributed by atoms with Gasteiger partial charge in [-0.05, 0) is 25.0 Å². The number of rotatable bonds is 2. The van der Waals surface area contributed by atoms with Gasteiger partial charge in [0.1, 0.15) is 11.3 Å². The van der Waals surface area contributed by atoms with E-state index in [1.165, 1.54) is 0 Å². The first-order valence-electron chi connectivity index (χ1n) is 6.72. The molecule has 0 radical (unpaired) electrons. The summed E-state index contributed by atoms with van der Waals surface area (Å²) in [5.41, 5.74) is 8.11. The molecule has 3 aromatic rings. The molecule has 0 amide bonds. The second-order valence-corrected chi connectivity index (χ2v) is 5.25. The fourth-order valence-electron chi connectivity index (χ4n) is 2.60. The topological polar surface area (TPSA) is 56.7 Å². The van der Waals surface area contributed by atoms with Crippen LogP contribution in [0.15, 0.2) is 30.6 Å². The smallest absolute Gasteiger partial charge is 0.160 e. The third-order valence-electron chi connectivity index (χ3n) is 3.74. The monoisotopic (exact) mass is 286 g/mol. The minimum Gasteiger partial charge on any atom is -0.398 e. The Bertz CT molecular complexity index is 852. The largest absolute Gasteiger partial charge is 0.398 e. The van der Waals surface area contributed by atoms with Gasteiger partial charge in [-0.3, -0.25) is 4.98 Å². The Labute approximate surface area is 119 Å². The molecule has 0 aliphatic heterocycles. The van der Waals surface area contributed by atoms with Crippen LogP contribution in [0.1, 0.15) is 18.9 Å². The van der Waals surface area contributed by atoms with Crippen LogP contribution in [0.3, 0.4) is 0 Å². The van der Waals surface area contributed by atoms with Crippen LogP contribution in [-0.4, -0.2) is 14.5 Å². The third-order valence-corrected chi connectivity index (χ3v) is 3.74. The standard InChI is InChI=1S/C15H12F2N4/c16-10-5-9(12(18)6-11(10)17)15-20-13-7-19-4-3-14(13)21(15)8-1-2-8/h3-8H,1-2,18H2. The van der Waals surface area contributed by atoms with E-state index in [1.54, 1.807) is 12.4 Å². The number of anilines is 1. The van der Waals surface area contributed by atoms with Crippen LogP contribution in [0.5, 0.6) is 0 Å². The summed E-state index contributed by atoms with van der Waals surface area (Å²) in [7, 11) is 0. The molecule has 1 fully saturated rings. The lowest BCUT2D eigenvalue weighted by Gasteiger charge is -2.10. The Morgan fingerprint density at radius 2 is 1.95 bits per heavy atom. The number of nitrogen functional groups attached to an aromatic ring is 1. The Hall–Kier alpha value is -2.50. The Morgan fingerprint density at radius 3 is 2.71 bits per heavy atom. The Kier molecular flexibility index (Phi) is 2.48. The maximum Gasteiger partial charge on any atom is 0.160 e. The quantitative estimate of drug-likeness (QED) is 0.735. The maximum atomic E-state index is 13.6. The van der Waals surface area contributed by atoms with Gasteiger partial charge in [-0.2, -0.15) is 0 Å². The summed E-state index contributed by atoms with van der Waals surface area (Å²) in [6, 6.07) is 4.32. The second-order valence-electron chi connectivity index (χ2n) is 5.25. The molecule has 1 saturated carbocycles. The highest BCUT2D eigenvalue weighted by Crippen LogP contribution is 2.42. The van der Waals surface area contributed by atoms with E-state index in [-0.39, 0.29) is 5.69 Å². The highest BCUT2D eigenvalue weighted by atomic mass is 19.2. The average molecular weight is 286 g/mol. The molecule has 6 heteroatoms. The molecular weight excluding hydrogens is 274 g/mol. The van der Waals surface area contributed by atoms with Crippen LogP contribution in [0.4, 0.5) is 14.5 Å². The van der Waals surface area contributed by atoms with Gasteiger partial charge in [-0.1, -0.05) is 0 Å². The highest BCUT2D eigenvalue weighted by molar-refractivity contribution is 5.83. The molecule has 2 aromatic heterocycles. The first-order chi connectivity index (χ1) is 10.1. The first kappa shape index (κ1) is 12.3. The third kappa shape index (κ3) is 1.86. The lowest BCUT2D eigenvalue weighted by Crippen LogP contribution is -2.01. The number of aromatic nitrogens is 3. The van der Waals surface area contributed by atoms with Crippen LogP contribution in [-0.2, 0) is 0 Å². The number of nitrogens with zero attached hydrogens (tertiary/aromatic N) is 3. The van der Waals surface area contributed by atoms with E-state index in [9.17, 15) is 8.78 Å². The average Bonchev–Trinajstić information content (AvgIpc) is 3.23. The summed E-state index contributed by atoms with van der Waals surface area (Å²) in [4.78, 5) is 8.56. The fraction of sp³-hybridized carbons (Fsp3) is 0.200. The van der Waals surface area contributed by atoms with Crippen LogP contribution in [0, 0.1) is 11.6 Å².